The van der Waals surface area contributed by atoms with Gasteiger partial charge in [-0.15, -0.1) is 0 Å². The zero-order valence-corrected chi connectivity index (χ0v) is 11.5. The summed E-state index contributed by atoms with van der Waals surface area (Å²) in [7, 11) is 1.74. The topological polar surface area (TPSA) is 86.5 Å². The van der Waals surface area contributed by atoms with E-state index in [9.17, 15) is 0 Å². The Morgan fingerprint density at radius 2 is 2.10 bits per heavy atom. The first-order chi connectivity index (χ1) is 9.78. The van der Waals surface area contributed by atoms with Crippen molar-refractivity contribution in [3.05, 3.63) is 30.2 Å². The van der Waals surface area contributed by atoms with Crippen LogP contribution in [0.3, 0.4) is 0 Å². The van der Waals surface area contributed by atoms with Gasteiger partial charge < -0.3 is 10.6 Å². The van der Waals surface area contributed by atoms with Gasteiger partial charge in [-0.25, -0.2) is 15.0 Å². The monoisotopic (exact) mass is 268 g/mol. The Bertz CT molecular complexity index is 632. The molecule has 0 aliphatic heterocycles. The van der Waals surface area contributed by atoms with E-state index < -0.39 is 0 Å². The first kappa shape index (κ1) is 13.7. The predicted octanol–water partition coefficient (Wildman–Crippen LogP) is 2.27. The Labute approximate surface area is 117 Å². The van der Waals surface area contributed by atoms with Gasteiger partial charge in [-0.3, -0.25) is 0 Å². The van der Waals surface area contributed by atoms with Gasteiger partial charge in [-0.2, -0.15) is 5.26 Å². The largest absolute Gasteiger partial charge is 0.372 e. The highest BCUT2D eigenvalue weighted by Crippen LogP contribution is 2.22. The van der Waals surface area contributed by atoms with Crippen LogP contribution in [0.2, 0.25) is 0 Å². The molecule has 0 aromatic carbocycles. The van der Waals surface area contributed by atoms with Gasteiger partial charge in [0.25, 0.3) is 0 Å². The lowest BCUT2D eigenvalue weighted by atomic mass is 10.1. The summed E-state index contributed by atoms with van der Waals surface area (Å²) in [4.78, 5) is 12.6. The van der Waals surface area contributed by atoms with Crippen LogP contribution < -0.4 is 10.6 Å². The molecule has 0 aliphatic rings. The molecule has 2 aromatic heterocycles. The SMILES string of the molecule is CCCNc1cc(-c2cnc(NC)c(C#N)c2)ncn1. The Hall–Kier alpha value is -2.68. The van der Waals surface area contributed by atoms with Crippen molar-refractivity contribution in [3.8, 4) is 17.3 Å². The molecule has 2 N–H and O–H groups in total. The molecule has 2 heterocycles. The summed E-state index contributed by atoms with van der Waals surface area (Å²) in [6.07, 6.45) is 4.22. The molecule has 0 radical (unpaired) electrons. The molecule has 0 fully saturated rings. The Morgan fingerprint density at radius 3 is 2.80 bits per heavy atom. The molecule has 0 aliphatic carbocycles. The maximum atomic E-state index is 9.12. The second kappa shape index (κ2) is 6.48. The molecule has 0 spiro atoms. The van der Waals surface area contributed by atoms with Crippen LogP contribution in [0.15, 0.2) is 24.7 Å². The van der Waals surface area contributed by atoms with Gasteiger partial charge >= 0.3 is 0 Å². The number of hydrogen-bond acceptors (Lipinski definition) is 6. The molecule has 0 saturated carbocycles. The molecule has 2 aromatic rings. The number of anilines is 2. The lowest BCUT2D eigenvalue weighted by Crippen LogP contribution is -2.02. The summed E-state index contributed by atoms with van der Waals surface area (Å²) in [6, 6.07) is 5.74. The van der Waals surface area contributed by atoms with E-state index in [1.807, 2.05) is 6.07 Å². The van der Waals surface area contributed by atoms with Gasteiger partial charge in [0.15, 0.2) is 0 Å². The third-order valence-corrected chi connectivity index (χ3v) is 2.76. The molecule has 2 rings (SSSR count). The third kappa shape index (κ3) is 3.01. The predicted molar refractivity (Wildman–Crippen MR) is 78.3 cm³/mol. The van der Waals surface area contributed by atoms with Gasteiger partial charge in [-0.05, 0) is 12.5 Å². The number of hydrogen-bond donors (Lipinski definition) is 2. The number of rotatable bonds is 5. The molecular weight excluding hydrogens is 252 g/mol. The lowest BCUT2D eigenvalue weighted by molar-refractivity contribution is 0.965. The second-order valence-corrected chi connectivity index (χ2v) is 4.20. The fourth-order valence-electron chi connectivity index (χ4n) is 1.75. The summed E-state index contributed by atoms with van der Waals surface area (Å²) in [5, 5.41) is 15.2. The Morgan fingerprint density at radius 1 is 1.25 bits per heavy atom. The molecule has 0 amide bonds. The van der Waals surface area contributed by atoms with Gasteiger partial charge in [0, 0.05) is 31.4 Å². The number of aromatic nitrogens is 3. The van der Waals surface area contributed by atoms with Crippen molar-refractivity contribution >= 4 is 11.6 Å². The summed E-state index contributed by atoms with van der Waals surface area (Å²) in [6.45, 7) is 2.95. The zero-order valence-electron chi connectivity index (χ0n) is 11.5. The molecule has 0 saturated heterocycles. The van der Waals surface area contributed by atoms with E-state index in [0.29, 0.717) is 11.4 Å². The smallest absolute Gasteiger partial charge is 0.143 e. The molecule has 6 nitrogen and oxygen atoms in total. The van der Waals surface area contributed by atoms with Crippen LogP contribution in [-0.2, 0) is 0 Å². The van der Waals surface area contributed by atoms with Crippen molar-refractivity contribution in [2.45, 2.75) is 13.3 Å². The van der Waals surface area contributed by atoms with Crippen molar-refractivity contribution in [2.24, 2.45) is 0 Å². The molecule has 20 heavy (non-hydrogen) atoms. The molecule has 102 valence electrons. The van der Waals surface area contributed by atoms with Crippen LogP contribution in [-0.4, -0.2) is 28.5 Å². The van der Waals surface area contributed by atoms with Crippen LogP contribution >= 0.6 is 0 Å². The molecular formula is C14H16N6. The zero-order chi connectivity index (χ0) is 14.4. The summed E-state index contributed by atoms with van der Waals surface area (Å²) in [5.74, 6) is 1.34. The minimum Gasteiger partial charge on any atom is -0.372 e. The number of nitriles is 1. The van der Waals surface area contributed by atoms with E-state index in [0.717, 1.165) is 30.0 Å². The van der Waals surface area contributed by atoms with Crippen molar-refractivity contribution in [1.82, 2.24) is 15.0 Å². The van der Waals surface area contributed by atoms with Crippen LogP contribution in [0.5, 0.6) is 0 Å². The highest BCUT2D eigenvalue weighted by Gasteiger charge is 2.07. The molecule has 0 atom stereocenters. The van der Waals surface area contributed by atoms with Gasteiger partial charge in [0.05, 0.1) is 11.3 Å². The van der Waals surface area contributed by atoms with E-state index in [2.05, 4.69) is 38.6 Å². The fraction of sp³-hybridized carbons (Fsp3) is 0.286. The summed E-state index contributed by atoms with van der Waals surface area (Å²) >= 11 is 0. The normalized spacial score (nSPS) is 9.85. The maximum Gasteiger partial charge on any atom is 0.143 e. The van der Waals surface area contributed by atoms with Crippen molar-refractivity contribution in [3.63, 3.8) is 0 Å². The first-order valence-electron chi connectivity index (χ1n) is 6.42. The lowest BCUT2D eigenvalue weighted by Gasteiger charge is -2.07. The highest BCUT2D eigenvalue weighted by atomic mass is 15.0. The van der Waals surface area contributed by atoms with Crippen LogP contribution in [0.4, 0.5) is 11.6 Å². The van der Waals surface area contributed by atoms with Crippen LogP contribution in [0, 0.1) is 11.3 Å². The minimum atomic E-state index is 0.492. The highest BCUT2D eigenvalue weighted by molar-refractivity contribution is 5.66. The summed E-state index contributed by atoms with van der Waals surface area (Å²) < 4.78 is 0. The Kier molecular flexibility index (Phi) is 4.45. The van der Waals surface area contributed by atoms with Gasteiger partial charge in [0.2, 0.25) is 0 Å². The van der Waals surface area contributed by atoms with E-state index in [1.165, 1.54) is 6.33 Å². The van der Waals surface area contributed by atoms with Crippen LogP contribution in [0.1, 0.15) is 18.9 Å². The maximum absolute atomic E-state index is 9.12. The van der Waals surface area contributed by atoms with Gasteiger partial charge in [0.1, 0.15) is 24.0 Å². The fourth-order valence-corrected chi connectivity index (χ4v) is 1.75. The average molecular weight is 268 g/mol. The number of pyridine rings is 1. The van der Waals surface area contributed by atoms with Crippen LogP contribution in [0.25, 0.3) is 11.3 Å². The number of nitrogens with one attached hydrogen (secondary N) is 2. The quantitative estimate of drug-likeness (QED) is 0.865. The summed E-state index contributed by atoms with van der Waals surface area (Å²) in [5.41, 5.74) is 2.03. The standard InChI is InChI=1S/C14H16N6/c1-3-4-17-13-6-12(19-9-20-13)11-5-10(7-15)14(16-2)18-8-11/h5-6,8-9H,3-4H2,1-2H3,(H,16,18)(H,17,19,20). The van der Waals surface area contributed by atoms with E-state index in [-0.39, 0.29) is 0 Å². The van der Waals surface area contributed by atoms with Crippen molar-refractivity contribution in [1.29, 1.82) is 5.26 Å². The molecule has 0 unspecified atom stereocenters. The average Bonchev–Trinajstić information content (AvgIpc) is 2.52. The van der Waals surface area contributed by atoms with E-state index in [1.54, 1.807) is 19.3 Å². The van der Waals surface area contributed by atoms with E-state index in [4.69, 9.17) is 5.26 Å². The second-order valence-electron chi connectivity index (χ2n) is 4.20. The third-order valence-electron chi connectivity index (χ3n) is 2.76. The van der Waals surface area contributed by atoms with Gasteiger partial charge in [-0.1, -0.05) is 6.92 Å². The number of nitrogens with zero attached hydrogens (tertiary/aromatic N) is 4. The van der Waals surface area contributed by atoms with Crippen molar-refractivity contribution in [2.75, 3.05) is 24.2 Å². The van der Waals surface area contributed by atoms with E-state index >= 15 is 0 Å². The molecule has 0 bridgehead atoms. The minimum absolute atomic E-state index is 0.492. The van der Waals surface area contributed by atoms with Crippen molar-refractivity contribution < 1.29 is 0 Å². The molecule has 6 heteroatoms. The first-order valence-corrected chi connectivity index (χ1v) is 6.42. The Balaban J connectivity index is 2.34.